The van der Waals surface area contributed by atoms with E-state index in [-0.39, 0.29) is 11.4 Å². The van der Waals surface area contributed by atoms with E-state index >= 15 is 0 Å². The summed E-state index contributed by atoms with van der Waals surface area (Å²) in [4.78, 5) is 33.7. The van der Waals surface area contributed by atoms with E-state index in [0.29, 0.717) is 22.0 Å². The maximum Gasteiger partial charge on any atom is 0.412 e. The number of likely N-dealkylation sites (N-methyl/N-ethyl adjacent to an activating group) is 1. The van der Waals surface area contributed by atoms with Crippen LogP contribution in [-0.4, -0.2) is 59.4 Å². The Morgan fingerprint density at radius 3 is 2.66 bits per heavy atom. The summed E-state index contributed by atoms with van der Waals surface area (Å²) < 4.78 is 7.44. The first-order chi connectivity index (χ1) is 14.9. The Bertz CT molecular complexity index is 1050. The lowest BCUT2D eigenvalue weighted by atomic mass is 10.2. The van der Waals surface area contributed by atoms with E-state index in [1.807, 2.05) is 32.9 Å². The number of carbonyl (C=O) groups is 1. The van der Waals surface area contributed by atoms with E-state index < -0.39 is 11.7 Å². The number of amides is 1. The average molecular weight is 507 g/mol. The number of nitrogens with zero attached hydrogens (tertiary/aromatic N) is 4. The fraction of sp³-hybridized carbons (Fsp3) is 0.500. The highest BCUT2D eigenvalue weighted by Crippen LogP contribution is 2.33. The molecule has 1 aliphatic rings. The first-order valence-electron chi connectivity index (χ1n) is 10.5. The van der Waals surface area contributed by atoms with Crippen molar-refractivity contribution in [3.05, 3.63) is 39.4 Å². The van der Waals surface area contributed by atoms with Crippen LogP contribution in [0.5, 0.6) is 0 Å². The van der Waals surface area contributed by atoms with E-state index in [1.54, 1.807) is 19.3 Å². The molecule has 0 aliphatic carbocycles. The Labute approximate surface area is 196 Å². The number of ether oxygens (including phenoxy) is 1. The number of hydrogen-bond donors (Lipinski definition) is 2. The summed E-state index contributed by atoms with van der Waals surface area (Å²) in [5, 5.41) is 5.95. The van der Waals surface area contributed by atoms with Crippen LogP contribution in [0.3, 0.4) is 0 Å². The first-order valence-corrected chi connectivity index (χ1v) is 11.3. The molecule has 3 rings (SSSR count). The molecule has 1 atom stereocenters. The van der Waals surface area contributed by atoms with Crippen molar-refractivity contribution in [3.63, 3.8) is 0 Å². The van der Waals surface area contributed by atoms with Crippen LogP contribution < -0.4 is 21.1 Å². The number of aryl methyl sites for hydroxylation is 1. The largest absolute Gasteiger partial charge is 0.444 e. The van der Waals surface area contributed by atoms with Gasteiger partial charge in [-0.05, 0) is 75.4 Å². The summed E-state index contributed by atoms with van der Waals surface area (Å²) in [5.41, 5.74) is 1.27. The monoisotopic (exact) mass is 506 g/mol. The molecule has 1 saturated heterocycles. The molecular weight excluding hydrogens is 476 g/mol. The van der Waals surface area contributed by atoms with Gasteiger partial charge < -0.3 is 24.4 Å². The van der Waals surface area contributed by atoms with Crippen molar-refractivity contribution in [2.75, 3.05) is 42.7 Å². The minimum Gasteiger partial charge on any atom is -0.444 e. The average Bonchev–Trinajstić information content (AvgIpc) is 3.14. The molecule has 1 aliphatic heterocycles. The van der Waals surface area contributed by atoms with Gasteiger partial charge in [-0.15, -0.1) is 0 Å². The summed E-state index contributed by atoms with van der Waals surface area (Å²) in [7, 11) is 5.81. The Morgan fingerprint density at radius 1 is 1.31 bits per heavy atom. The number of anilines is 4. The molecule has 2 aromatic rings. The molecule has 9 nitrogen and oxygen atoms in total. The van der Waals surface area contributed by atoms with Crippen LogP contribution in [0.1, 0.15) is 27.2 Å². The second-order valence-corrected chi connectivity index (χ2v) is 9.98. The zero-order valence-electron chi connectivity index (χ0n) is 19.4. The maximum absolute atomic E-state index is 12.5. The predicted molar refractivity (Wildman–Crippen MR) is 131 cm³/mol. The van der Waals surface area contributed by atoms with Crippen molar-refractivity contribution >= 4 is 44.9 Å². The quantitative estimate of drug-likeness (QED) is 0.637. The number of carbonyl (C=O) groups excluding carboxylic acids is 1. The lowest BCUT2D eigenvalue weighted by Crippen LogP contribution is -2.32. The van der Waals surface area contributed by atoms with Crippen LogP contribution in [-0.2, 0) is 11.8 Å². The highest BCUT2D eigenvalue weighted by Gasteiger charge is 2.27. The highest BCUT2D eigenvalue weighted by molar-refractivity contribution is 9.10. The second-order valence-electron chi connectivity index (χ2n) is 9.16. The van der Waals surface area contributed by atoms with Gasteiger partial charge in [0, 0.05) is 38.1 Å². The summed E-state index contributed by atoms with van der Waals surface area (Å²) in [5.74, 6) is 0.187. The number of nitrogens with one attached hydrogen (secondary N) is 2. The Morgan fingerprint density at radius 2 is 2.03 bits per heavy atom. The lowest BCUT2D eigenvalue weighted by Gasteiger charge is -2.25. The molecule has 1 aromatic heterocycles. The van der Waals surface area contributed by atoms with Crippen LogP contribution in [0.25, 0.3) is 0 Å². The number of benzene rings is 1. The zero-order valence-corrected chi connectivity index (χ0v) is 21.0. The fourth-order valence-electron chi connectivity index (χ4n) is 3.57. The van der Waals surface area contributed by atoms with E-state index in [9.17, 15) is 9.59 Å². The Kier molecular flexibility index (Phi) is 7.14. The third kappa shape index (κ3) is 6.01. The fourth-order valence-corrected chi connectivity index (χ4v) is 4.06. The van der Waals surface area contributed by atoms with Gasteiger partial charge in [-0.1, -0.05) is 0 Å². The molecule has 1 fully saturated rings. The molecule has 0 spiro atoms. The molecule has 32 heavy (non-hydrogen) atoms. The van der Waals surface area contributed by atoms with Crippen LogP contribution in [0.15, 0.2) is 33.8 Å². The van der Waals surface area contributed by atoms with Crippen molar-refractivity contribution in [1.29, 1.82) is 0 Å². The van der Waals surface area contributed by atoms with Gasteiger partial charge >= 0.3 is 6.09 Å². The highest BCUT2D eigenvalue weighted by atomic mass is 79.9. The maximum atomic E-state index is 12.5. The SMILES string of the molecule is CN(C)[C@H]1CCN(c2ccc(Nc3nc(Br)cn(C)c3=O)cc2NC(=O)OC(C)(C)C)C1. The summed E-state index contributed by atoms with van der Waals surface area (Å²) in [6.45, 7) is 7.20. The topological polar surface area (TPSA) is 91.7 Å². The van der Waals surface area contributed by atoms with Gasteiger partial charge in [-0.3, -0.25) is 10.1 Å². The number of rotatable bonds is 5. The molecule has 174 valence electrons. The van der Waals surface area contributed by atoms with E-state index in [4.69, 9.17) is 4.74 Å². The van der Waals surface area contributed by atoms with Gasteiger partial charge in [-0.2, -0.15) is 0 Å². The van der Waals surface area contributed by atoms with E-state index in [1.165, 1.54) is 4.57 Å². The van der Waals surface area contributed by atoms with Crippen LogP contribution in [0.4, 0.5) is 27.7 Å². The van der Waals surface area contributed by atoms with Gasteiger partial charge in [-0.25, -0.2) is 9.78 Å². The number of aromatic nitrogens is 2. The minimum atomic E-state index is -0.615. The van der Waals surface area contributed by atoms with E-state index in [0.717, 1.165) is 25.2 Å². The Hall–Kier alpha value is -2.59. The third-order valence-electron chi connectivity index (χ3n) is 5.17. The van der Waals surface area contributed by atoms with E-state index in [2.05, 4.69) is 55.4 Å². The lowest BCUT2D eigenvalue weighted by molar-refractivity contribution is 0.0636. The van der Waals surface area contributed by atoms with Crippen LogP contribution in [0.2, 0.25) is 0 Å². The van der Waals surface area contributed by atoms with Crippen molar-refractivity contribution in [2.24, 2.45) is 7.05 Å². The number of hydrogen-bond acceptors (Lipinski definition) is 7. The standard InChI is InChI=1S/C22H31BrN6O3/c1-22(2,3)32-21(31)25-16-11-14(24-19-20(30)28(6)13-18(23)26-19)7-8-17(16)29-10-9-15(12-29)27(4)5/h7-8,11,13,15H,9-10,12H2,1-6H3,(H,24,26)(H,25,31)/t15-/m0/s1. The molecular formula is C22H31BrN6O3. The van der Waals surface area contributed by atoms with Gasteiger partial charge in [0.05, 0.1) is 11.4 Å². The first kappa shape index (κ1) is 24.1. The molecule has 2 N–H and O–H groups in total. The normalized spacial score (nSPS) is 16.4. The predicted octanol–water partition coefficient (Wildman–Crippen LogP) is 3.77. The minimum absolute atomic E-state index is 0.187. The molecule has 1 aromatic carbocycles. The summed E-state index contributed by atoms with van der Waals surface area (Å²) >= 11 is 3.31. The number of halogens is 1. The van der Waals surface area contributed by atoms with Gasteiger partial charge in [0.1, 0.15) is 10.2 Å². The van der Waals surface area contributed by atoms with Crippen LogP contribution in [0, 0.1) is 0 Å². The van der Waals surface area contributed by atoms with Crippen molar-refractivity contribution < 1.29 is 9.53 Å². The van der Waals surface area contributed by atoms with Gasteiger partial charge in [0.25, 0.3) is 5.56 Å². The van der Waals surface area contributed by atoms with Gasteiger partial charge in [0.2, 0.25) is 0 Å². The third-order valence-corrected chi connectivity index (χ3v) is 5.55. The molecule has 1 amide bonds. The van der Waals surface area contributed by atoms with Crippen molar-refractivity contribution in [1.82, 2.24) is 14.5 Å². The van der Waals surface area contributed by atoms with Gasteiger partial charge in [0.15, 0.2) is 5.82 Å². The Balaban J connectivity index is 1.92. The molecule has 10 heteroatoms. The zero-order chi connectivity index (χ0) is 23.6. The van der Waals surface area contributed by atoms with Crippen molar-refractivity contribution in [2.45, 2.75) is 38.8 Å². The smallest absolute Gasteiger partial charge is 0.412 e. The molecule has 2 heterocycles. The second kappa shape index (κ2) is 9.50. The molecule has 0 unspecified atom stereocenters. The summed E-state index contributed by atoms with van der Waals surface area (Å²) in [6, 6.07) is 6.05. The molecule has 0 radical (unpaired) electrons. The molecule has 0 saturated carbocycles. The molecule has 0 bridgehead atoms. The van der Waals surface area contributed by atoms with Crippen molar-refractivity contribution in [3.8, 4) is 0 Å². The summed E-state index contributed by atoms with van der Waals surface area (Å²) in [6.07, 6.45) is 2.10. The van der Waals surface area contributed by atoms with Crippen LogP contribution >= 0.6 is 15.9 Å².